The van der Waals surface area contributed by atoms with Crippen molar-refractivity contribution in [2.24, 2.45) is 10.9 Å². The largest absolute Gasteiger partial charge is 0.274 e. The Morgan fingerprint density at radius 2 is 1.68 bits per heavy atom. The number of carbonyl (C=O) groups is 1. The molecule has 0 bridgehead atoms. The van der Waals surface area contributed by atoms with Crippen molar-refractivity contribution in [3.63, 3.8) is 0 Å². The van der Waals surface area contributed by atoms with Gasteiger partial charge in [-0.3, -0.25) is 14.7 Å². The summed E-state index contributed by atoms with van der Waals surface area (Å²) in [5.74, 6) is -0.606. The highest BCUT2D eigenvalue weighted by atomic mass is 32.2. The van der Waals surface area contributed by atoms with E-state index in [-0.39, 0.29) is 23.7 Å². The fourth-order valence-electron chi connectivity index (χ4n) is 3.83. The summed E-state index contributed by atoms with van der Waals surface area (Å²) in [7, 11) is 0. The minimum atomic E-state index is -0.315. The topological polar surface area (TPSA) is 32.7 Å². The smallest absolute Gasteiger partial charge is 0.239 e. The van der Waals surface area contributed by atoms with Crippen LogP contribution in [-0.2, 0) is 11.2 Å². The van der Waals surface area contributed by atoms with E-state index in [0.717, 1.165) is 21.7 Å². The van der Waals surface area contributed by atoms with Crippen LogP contribution in [0.25, 0.3) is 0 Å². The van der Waals surface area contributed by atoms with Crippen LogP contribution in [0.4, 0.5) is 10.1 Å². The van der Waals surface area contributed by atoms with Crippen molar-refractivity contribution < 1.29 is 9.18 Å². The fourth-order valence-corrected chi connectivity index (χ4v) is 4.91. The van der Waals surface area contributed by atoms with E-state index in [4.69, 9.17) is 4.99 Å². The van der Waals surface area contributed by atoms with E-state index < -0.39 is 0 Å². The molecule has 0 saturated carbocycles. The molecule has 0 unspecified atom stereocenters. The molecule has 2 aliphatic heterocycles. The summed E-state index contributed by atoms with van der Waals surface area (Å²) in [5, 5.41) is 0.628. The maximum Gasteiger partial charge on any atom is 0.239 e. The van der Waals surface area contributed by atoms with Crippen molar-refractivity contribution in [1.29, 1.82) is 0 Å². The summed E-state index contributed by atoms with van der Waals surface area (Å²) in [4.78, 5) is 20.9. The third kappa shape index (κ3) is 2.92. The van der Waals surface area contributed by atoms with Crippen molar-refractivity contribution in [3.05, 3.63) is 95.8 Å². The third-order valence-electron chi connectivity index (χ3n) is 5.16. The molecule has 138 valence electrons. The van der Waals surface area contributed by atoms with Gasteiger partial charge in [-0.25, -0.2) is 4.39 Å². The summed E-state index contributed by atoms with van der Waals surface area (Å²) < 4.78 is 13.7. The first-order valence-corrected chi connectivity index (χ1v) is 10.0. The highest BCUT2D eigenvalue weighted by molar-refractivity contribution is 8.15. The zero-order valence-electron chi connectivity index (χ0n) is 15.0. The zero-order valence-corrected chi connectivity index (χ0v) is 15.8. The van der Waals surface area contributed by atoms with Crippen LogP contribution < -0.4 is 4.90 Å². The molecule has 0 saturated heterocycles. The Hall–Kier alpha value is -2.92. The van der Waals surface area contributed by atoms with Gasteiger partial charge in [0.15, 0.2) is 5.17 Å². The van der Waals surface area contributed by atoms with Gasteiger partial charge in [0.2, 0.25) is 5.91 Å². The predicted molar refractivity (Wildman–Crippen MR) is 110 cm³/mol. The van der Waals surface area contributed by atoms with Gasteiger partial charge in [0.25, 0.3) is 0 Å². The van der Waals surface area contributed by atoms with Crippen molar-refractivity contribution in [1.82, 2.24) is 0 Å². The average Bonchev–Trinajstić information content (AvgIpc) is 3.09. The molecule has 28 heavy (non-hydrogen) atoms. The van der Waals surface area contributed by atoms with Crippen LogP contribution >= 0.6 is 11.8 Å². The van der Waals surface area contributed by atoms with E-state index in [9.17, 15) is 9.18 Å². The maximum atomic E-state index is 13.7. The van der Waals surface area contributed by atoms with Crippen LogP contribution in [0.15, 0.2) is 88.8 Å². The normalized spacial score (nSPS) is 20.5. The van der Waals surface area contributed by atoms with Gasteiger partial charge < -0.3 is 0 Å². The SMILES string of the molecule is O=C1[C@@H](Cc2ccccc2)[C@@H](c2ccccc2)N=C2Sc3cc(F)ccc3N12. The van der Waals surface area contributed by atoms with Crippen LogP contribution in [0, 0.1) is 11.7 Å². The second kappa shape index (κ2) is 6.91. The number of nitrogens with zero attached hydrogens (tertiary/aromatic N) is 2. The lowest BCUT2D eigenvalue weighted by Gasteiger charge is -2.33. The molecular formula is C23H17FN2OS. The number of aliphatic imine (C=N–C) groups is 1. The van der Waals surface area contributed by atoms with E-state index in [2.05, 4.69) is 0 Å². The summed E-state index contributed by atoms with van der Waals surface area (Å²) in [6, 6.07) is 24.2. The molecule has 0 spiro atoms. The molecule has 0 fully saturated rings. The molecule has 0 aliphatic carbocycles. The van der Waals surface area contributed by atoms with Gasteiger partial charge in [0.05, 0.1) is 17.6 Å². The van der Waals surface area contributed by atoms with Crippen molar-refractivity contribution in [2.45, 2.75) is 17.4 Å². The van der Waals surface area contributed by atoms with Gasteiger partial charge in [-0.1, -0.05) is 60.7 Å². The van der Waals surface area contributed by atoms with Gasteiger partial charge in [-0.15, -0.1) is 0 Å². The lowest BCUT2D eigenvalue weighted by molar-refractivity contribution is -0.122. The summed E-state index contributed by atoms with van der Waals surface area (Å²) in [6.45, 7) is 0. The predicted octanol–water partition coefficient (Wildman–Crippen LogP) is 5.23. The first kappa shape index (κ1) is 17.2. The second-order valence-electron chi connectivity index (χ2n) is 6.95. The third-order valence-corrected chi connectivity index (χ3v) is 6.18. The standard InChI is InChI=1S/C23H17FN2OS/c24-17-11-12-19-20(14-17)28-23-25-21(16-9-5-2-6-10-16)18(22(27)26(19)23)13-15-7-3-1-4-8-15/h1-12,14,18,21H,13H2/t18-,21+/m0/s1. The summed E-state index contributed by atoms with van der Waals surface area (Å²) >= 11 is 1.36. The molecule has 3 aromatic carbocycles. The molecule has 3 nitrogen and oxygen atoms in total. The number of hydrogen-bond donors (Lipinski definition) is 0. The van der Waals surface area contributed by atoms with E-state index in [0.29, 0.717) is 11.6 Å². The molecule has 2 atom stereocenters. The first-order chi connectivity index (χ1) is 13.7. The van der Waals surface area contributed by atoms with E-state index in [1.807, 2.05) is 60.7 Å². The van der Waals surface area contributed by atoms with Gasteiger partial charge in [0.1, 0.15) is 5.82 Å². The Morgan fingerprint density at radius 3 is 2.43 bits per heavy atom. The molecule has 0 radical (unpaired) electrons. The quantitative estimate of drug-likeness (QED) is 0.615. The highest BCUT2D eigenvalue weighted by Gasteiger charge is 2.43. The Bertz CT molecular complexity index is 1070. The van der Waals surface area contributed by atoms with Gasteiger partial charge in [-0.05, 0) is 47.5 Å². The molecule has 1 amide bonds. The molecule has 0 aromatic heterocycles. The van der Waals surface area contributed by atoms with Crippen LogP contribution in [0.2, 0.25) is 0 Å². The van der Waals surface area contributed by atoms with Gasteiger partial charge in [0, 0.05) is 4.90 Å². The lowest BCUT2D eigenvalue weighted by atomic mass is 9.86. The van der Waals surface area contributed by atoms with E-state index in [1.54, 1.807) is 11.0 Å². The average molecular weight is 388 g/mol. The van der Waals surface area contributed by atoms with Gasteiger partial charge in [-0.2, -0.15) is 0 Å². The fraction of sp³-hybridized carbons (Fsp3) is 0.130. The second-order valence-corrected chi connectivity index (χ2v) is 7.96. The number of amidine groups is 1. The number of rotatable bonds is 3. The molecule has 5 heteroatoms. The first-order valence-electron chi connectivity index (χ1n) is 9.19. The lowest BCUT2D eigenvalue weighted by Crippen LogP contribution is -2.44. The van der Waals surface area contributed by atoms with Crippen molar-refractivity contribution in [3.8, 4) is 0 Å². The molecule has 0 N–H and O–H groups in total. The number of fused-ring (bicyclic) bond motifs is 3. The number of thioether (sulfide) groups is 1. The van der Waals surface area contributed by atoms with E-state index >= 15 is 0 Å². The minimum Gasteiger partial charge on any atom is -0.274 e. The minimum absolute atomic E-state index is 0.0144. The monoisotopic (exact) mass is 388 g/mol. The Morgan fingerprint density at radius 1 is 0.964 bits per heavy atom. The molecule has 5 rings (SSSR count). The summed E-state index contributed by atoms with van der Waals surface area (Å²) in [5.41, 5.74) is 2.85. The Labute approximate surface area is 166 Å². The van der Waals surface area contributed by atoms with Crippen LogP contribution in [0.1, 0.15) is 17.2 Å². The number of halogens is 1. The number of carbonyl (C=O) groups excluding carboxylic acids is 1. The van der Waals surface area contributed by atoms with Crippen molar-refractivity contribution in [2.75, 3.05) is 4.90 Å². The molecule has 2 aliphatic rings. The van der Waals surface area contributed by atoms with E-state index in [1.165, 1.54) is 23.9 Å². The van der Waals surface area contributed by atoms with Crippen LogP contribution in [0.5, 0.6) is 0 Å². The molecular weight excluding hydrogens is 371 g/mol. The molecule has 3 aromatic rings. The maximum absolute atomic E-state index is 13.7. The Kier molecular flexibility index (Phi) is 4.24. The molecule has 2 heterocycles. The zero-order chi connectivity index (χ0) is 19.1. The Balaban J connectivity index is 1.60. The highest BCUT2D eigenvalue weighted by Crippen LogP contribution is 2.47. The van der Waals surface area contributed by atoms with Gasteiger partial charge >= 0.3 is 0 Å². The number of anilines is 1. The van der Waals surface area contributed by atoms with Crippen molar-refractivity contribution >= 4 is 28.5 Å². The van der Waals surface area contributed by atoms with Crippen LogP contribution in [0.3, 0.4) is 0 Å². The summed E-state index contributed by atoms with van der Waals surface area (Å²) in [6.07, 6.45) is 0.605. The number of hydrogen-bond acceptors (Lipinski definition) is 3. The number of benzene rings is 3. The number of amides is 1. The van der Waals surface area contributed by atoms with Crippen LogP contribution in [-0.4, -0.2) is 11.1 Å².